The first-order chi connectivity index (χ1) is 13.6. The van der Waals surface area contributed by atoms with Crippen LogP contribution >= 0.6 is 0 Å². The van der Waals surface area contributed by atoms with Crippen molar-refractivity contribution < 1.29 is 17.8 Å². The summed E-state index contributed by atoms with van der Waals surface area (Å²) in [6.07, 6.45) is 1.35. The van der Waals surface area contributed by atoms with Crippen LogP contribution in [-0.4, -0.2) is 30.3 Å². The van der Waals surface area contributed by atoms with Gasteiger partial charge in [0.1, 0.15) is 0 Å². The van der Waals surface area contributed by atoms with Crippen molar-refractivity contribution in [3.05, 3.63) is 65.2 Å². The van der Waals surface area contributed by atoms with E-state index in [1.165, 1.54) is 6.07 Å². The Morgan fingerprint density at radius 1 is 1.17 bits per heavy atom. The zero-order valence-electron chi connectivity index (χ0n) is 17.4. The van der Waals surface area contributed by atoms with Crippen LogP contribution in [0.15, 0.2) is 53.4 Å². The summed E-state index contributed by atoms with van der Waals surface area (Å²) in [6, 6.07) is 14.4. The molecule has 1 saturated heterocycles. The fourth-order valence-corrected chi connectivity index (χ4v) is 4.89. The second-order valence-electron chi connectivity index (χ2n) is 8.50. The second-order valence-corrected chi connectivity index (χ2v) is 9.89. The van der Waals surface area contributed by atoms with Gasteiger partial charge in [0.25, 0.3) is 10.1 Å². The van der Waals surface area contributed by atoms with E-state index in [0.29, 0.717) is 18.5 Å². The first-order valence-electron chi connectivity index (χ1n) is 10.0. The van der Waals surface area contributed by atoms with E-state index < -0.39 is 15.5 Å². The number of benzene rings is 2. The largest absolute Gasteiger partial charge is 0.335 e. The van der Waals surface area contributed by atoms with Crippen LogP contribution in [0.5, 0.6) is 0 Å². The molecule has 1 heterocycles. The van der Waals surface area contributed by atoms with E-state index in [1.807, 2.05) is 69.0 Å². The molecule has 2 aromatic rings. The zero-order valence-corrected chi connectivity index (χ0v) is 18.2. The molecule has 0 radical (unpaired) electrons. The maximum atomic E-state index is 13.4. The average molecular weight is 416 g/mol. The number of likely N-dealkylation sites (tertiary alicyclic amines) is 1. The molecule has 0 bridgehead atoms. The van der Waals surface area contributed by atoms with Gasteiger partial charge < -0.3 is 4.90 Å². The summed E-state index contributed by atoms with van der Waals surface area (Å²) in [5.74, 6) is -0.150. The van der Waals surface area contributed by atoms with Gasteiger partial charge >= 0.3 is 0 Å². The Labute approximate surface area is 173 Å². The van der Waals surface area contributed by atoms with Gasteiger partial charge in [-0.3, -0.25) is 9.35 Å². The maximum Gasteiger partial charge on any atom is 0.294 e. The van der Waals surface area contributed by atoms with E-state index in [0.717, 1.165) is 17.5 Å². The van der Waals surface area contributed by atoms with Crippen LogP contribution in [0.3, 0.4) is 0 Å². The quantitative estimate of drug-likeness (QED) is 0.716. The monoisotopic (exact) mass is 415 g/mol. The molecular formula is C23H29NO4S. The van der Waals surface area contributed by atoms with Gasteiger partial charge in [0, 0.05) is 17.9 Å². The Morgan fingerprint density at radius 2 is 1.83 bits per heavy atom. The van der Waals surface area contributed by atoms with Crippen LogP contribution in [0.1, 0.15) is 62.3 Å². The Bertz CT molecular complexity index is 999. The molecule has 0 unspecified atom stereocenters. The summed E-state index contributed by atoms with van der Waals surface area (Å²) in [7, 11) is -4.37. The number of rotatable bonds is 5. The fourth-order valence-electron chi connectivity index (χ4n) is 4.14. The van der Waals surface area contributed by atoms with E-state index in [2.05, 4.69) is 0 Å². The third-order valence-electron chi connectivity index (χ3n) is 6.11. The smallest absolute Gasteiger partial charge is 0.294 e. The van der Waals surface area contributed by atoms with E-state index in [4.69, 9.17) is 0 Å². The van der Waals surface area contributed by atoms with Crippen molar-refractivity contribution in [1.29, 1.82) is 0 Å². The zero-order chi connectivity index (χ0) is 21.4. The van der Waals surface area contributed by atoms with Gasteiger partial charge in [-0.1, -0.05) is 68.8 Å². The predicted molar refractivity (Wildman–Crippen MR) is 113 cm³/mol. The highest BCUT2D eigenvalue weighted by Crippen LogP contribution is 2.47. The molecule has 0 aliphatic carbocycles. The molecule has 156 valence electrons. The lowest BCUT2D eigenvalue weighted by Gasteiger charge is -2.35. The second kappa shape index (κ2) is 7.92. The number of hydrogen-bond donors (Lipinski definition) is 1. The minimum Gasteiger partial charge on any atom is -0.335 e. The SMILES string of the molecule is CCC(C)(C)C(=O)N1CC[C@@H](c2cc(C)ccc2S(=O)(=O)O)[C@@H]1c1ccccc1. The van der Waals surface area contributed by atoms with E-state index in [9.17, 15) is 17.8 Å². The molecule has 1 N–H and O–H groups in total. The molecular weight excluding hydrogens is 386 g/mol. The fraction of sp³-hybridized carbons (Fsp3) is 0.435. The molecule has 2 atom stereocenters. The Balaban J connectivity index is 2.15. The highest BCUT2D eigenvalue weighted by atomic mass is 32.2. The Kier molecular flexibility index (Phi) is 5.88. The normalized spacial score (nSPS) is 20.1. The standard InChI is InChI=1S/C23H29NO4S/c1-5-23(3,4)22(25)24-14-13-18(21(24)17-9-7-6-8-10-17)19-15-16(2)11-12-20(19)29(26,27)28/h6-12,15,18,21H,5,13-14H2,1-4H3,(H,26,27,28)/t18-,21-/m0/s1. The van der Waals surface area contributed by atoms with E-state index in [1.54, 1.807) is 6.07 Å². The minimum atomic E-state index is -4.37. The molecule has 0 spiro atoms. The van der Waals surface area contributed by atoms with Crippen LogP contribution in [0.25, 0.3) is 0 Å². The van der Waals surface area contributed by atoms with Crippen molar-refractivity contribution >= 4 is 16.0 Å². The number of carbonyl (C=O) groups excluding carboxylic acids is 1. The topological polar surface area (TPSA) is 74.7 Å². The minimum absolute atomic E-state index is 0.0670. The summed E-state index contributed by atoms with van der Waals surface area (Å²) in [5.41, 5.74) is 1.96. The van der Waals surface area contributed by atoms with Gasteiger partial charge in [0.15, 0.2) is 0 Å². The van der Waals surface area contributed by atoms with Crippen LogP contribution < -0.4 is 0 Å². The number of nitrogens with zero attached hydrogens (tertiary/aromatic N) is 1. The molecule has 3 rings (SSSR count). The van der Waals surface area contributed by atoms with Crippen molar-refractivity contribution in [1.82, 2.24) is 4.90 Å². The third kappa shape index (κ3) is 4.23. The number of amides is 1. The lowest BCUT2D eigenvalue weighted by molar-refractivity contribution is -0.141. The Morgan fingerprint density at radius 3 is 2.41 bits per heavy atom. The van der Waals surface area contributed by atoms with Gasteiger partial charge in [0.05, 0.1) is 10.9 Å². The molecule has 6 heteroatoms. The lowest BCUT2D eigenvalue weighted by atomic mass is 9.84. The maximum absolute atomic E-state index is 13.4. The molecule has 2 aromatic carbocycles. The number of aryl methyl sites for hydroxylation is 1. The lowest BCUT2D eigenvalue weighted by Crippen LogP contribution is -2.40. The van der Waals surface area contributed by atoms with Crippen molar-refractivity contribution in [3.63, 3.8) is 0 Å². The average Bonchev–Trinajstić information content (AvgIpc) is 3.11. The van der Waals surface area contributed by atoms with Gasteiger partial charge in [-0.25, -0.2) is 0 Å². The number of carbonyl (C=O) groups is 1. The van der Waals surface area contributed by atoms with Crippen molar-refractivity contribution in [3.8, 4) is 0 Å². The van der Waals surface area contributed by atoms with E-state index in [-0.39, 0.29) is 22.8 Å². The van der Waals surface area contributed by atoms with Crippen molar-refractivity contribution in [2.24, 2.45) is 5.41 Å². The molecule has 1 aliphatic heterocycles. The van der Waals surface area contributed by atoms with Crippen molar-refractivity contribution in [2.45, 2.75) is 57.4 Å². The first-order valence-corrected chi connectivity index (χ1v) is 11.4. The van der Waals surface area contributed by atoms with Crippen LogP contribution in [0.2, 0.25) is 0 Å². The molecule has 0 aromatic heterocycles. The highest BCUT2D eigenvalue weighted by Gasteiger charge is 2.44. The molecule has 1 amide bonds. The van der Waals surface area contributed by atoms with Gasteiger partial charge in [0.2, 0.25) is 5.91 Å². The van der Waals surface area contributed by atoms with Crippen molar-refractivity contribution in [2.75, 3.05) is 6.54 Å². The van der Waals surface area contributed by atoms with Crippen LogP contribution in [0, 0.1) is 12.3 Å². The first kappa shape index (κ1) is 21.5. The molecule has 1 aliphatic rings. The summed E-state index contributed by atoms with van der Waals surface area (Å²) >= 11 is 0. The Hall–Kier alpha value is -2.18. The summed E-state index contributed by atoms with van der Waals surface area (Å²) in [5, 5.41) is 0. The van der Waals surface area contributed by atoms with Crippen LogP contribution in [-0.2, 0) is 14.9 Å². The van der Waals surface area contributed by atoms with Gasteiger partial charge in [-0.2, -0.15) is 8.42 Å². The molecule has 5 nitrogen and oxygen atoms in total. The van der Waals surface area contributed by atoms with Crippen LogP contribution in [0.4, 0.5) is 0 Å². The molecule has 1 fully saturated rings. The summed E-state index contributed by atoms with van der Waals surface area (Å²) in [4.78, 5) is 15.2. The number of hydrogen-bond acceptors (Lipinski definition) is 3. The predicted octanol–water partition coefficient (Wildman–Crippen LogP) is 4.74. The summed E-state index contributed by atoms with van der Waals surface area (Å²) in [6.45, 7) is 8.33. The van der Waals surface area contributed by atoms with E-state index >= 15 is 0 Å². The molecule has 0 saturated carbocycles. The van der Waals surface area contributed by atoms with Gasteiger partial charge in [-0.05, 0) is 37.0 Å². The highest BCUT2D eigenvalue weighted by molar-refractivity contribution is 7.85. The van der Waals surface area contributed by atoms with Gasteiger partial charge in [-0.15, -0.1) is 0 Å². The molecule has 29 heavy (non-hydrogen) atoms. The summed E-state index contributed by atoms with van der Waals surface area (Å²) < 4.78 is 33.9. The third-order valence-corrected chi connectivity index (χ3v) is 7.03.